The quantitative estimate of drug-likeness (QED) is 0.791. The first-order valence-electron chi connectivity index (χ1n) is 10.9. The van der Waals surface area contributed by atoms with Gasteiger partial charge in [0.25, 0.3) is 5.91 Å². The zero-order valence-electron chi connectivity index (χ0n) is 18.7. The molecule has 2 aliphatic heterocycles. The van der Waals surface area contributed by atoms with E-state index >= 15 is 0 Å². The Balaban J connectivity index is 1.48. The average molecular weight is 432 g/mol. The van der Waals surface area contributed by atoms with Crippen molar-refractivity contribution in [1.29, 1.82) is 0 Å². The number of morpholine rings is 1. The van der Waals surface area contributed by atoms with E-state index in [4.69, 9.17) is 9.47 Å². The summed E-state index contributed by atoms with van der Waals surface area (Å²) in [5.74, 6) is -0.312. The molecule has 2 heterocycles. The van der Waals surface area contributed by atoms with Crippen molar-refractivity contribution < 1.29 is 23.9 Å². The zero-order valence-corrected chi connectivity index (χ0v) is 18.7. The summed E-state index contributed by atoms with van der Waals surface area (Å²) < 4.78 is 10.7. The first-order valence-corrected chi connectivity index (χ1v) is 10.9. The molecule has 1 aromatic rings. The molecule has 3 amide bonds. The third kappa shape index (κ3) is 6.69. The minimum Gasteiger partial charge on any atom is -0.444 e. The standard InChI is InChI=1S/C23H33N3O5/c1-23(2,3)31-22(29)26-10-4-5-19(16-26)20(27)24-15-17-6-8-18(9-7-17)21(28)25-11-13-30-14-12-25/h6-9,19H,4-5,10-16H2,1-3H3,(H,24,27)/t19-/m0/s1. The summed E-state index contributed by atoms with van der Waals surface area (Å²) in [7, 11) is 0. The van der Waals surface area contributed by atoms with Gasteiger partial charge in [0, 0.05) is 38.3 Å². The van der Waals surface area contributed by atoms with Crippen LogP contribution in [0, 0.1) is 5.92 Å². The maximum atomic E-state index is 12.6. The lowest BCUT2D eigenvalue weighted by molar-refractivity contribution is -0.126. The predicted molar refractivity (Wildman–Crippen MR) is 116 cm³/mol. The molecule has 8 nitrogen and oxygen atoms in total. The monoisotopic (exact) mass is 431 g/mol. The molecule has 1 N–H and O–H groups in total. The van der Waals surface area contributed by atoms with Crippen LogP contribution in [0.3, 0.4) is 0 Å². The van der Waals surface area contributed by atoms with Crippen LogP contribution in [0.2, 0.25) is 0 Å². The van der Waals surface area contributed by atoms with Crippen LogP contribution in [0.25, 0.3) is 0 Å². The van der Waals surface area contributed by atoms with Gasteiger partial charge in [0.2, 0.25) is 5.91 Å². The van der Waals surface area contributed by atoms with Crippen molar-refractivity contribution >= 4 is 17.9 Å². The van der Waals surface area contributed by atoms with Crippen LogP contribution in [0.5, 0.6) is 0 Å². The number of nitrogens with zero attached hydrogens (tertiary/aromatic N) is 2. The molecule has 1 aromatic carbocycles. The van der Waals surface area contributed by atoms with Gasteiger partial charge in [0.15, 0.2) is 0 Å². The van der Waals surface area contributed by atoms with Crippen LogP contribution in [-0.2, 0) is 20.8 Å². The molecule has 2 fully saturated rings. The molecule has 0 aromatic heterocycles. The third-order valence-corrected chi connectivity index (χ3v) is 5.41. The fourth-order valence-electron chi connectivity index (χ4n) is 3.73. The lowest BCUT2D eigenvalue weighted by atomic mass is 9.97. The number of rotatable bonds is 4. The number of carbonyl (C=O) groups is 3. The van der Waals surface area contributed by atoms with E-state index in [0.29, 0.717) is 51.5 Å². The molecule has 0 spiro atoms. The maximum Gasteiger partial charge on any atom is 0.410 e. The molecular weight excluding hydrogens is 398 g/mol. The summed E-state index contributed by atoms with van der Waals surface area (Å²) in [6.07, 6.45) is 1.15. The summed E-state index contributed by atoms with van der Waals surface area (Å²) >= 11 is 0. The van der Waals surface area contributed by atoms with Crippen molar-refractivity contribution in [3.8, 4) is 0 Å². The van der Waals surface area contributed by atoms with Crippen LogP contribution in [-0.4, -0.2) is 72.7 Å². The molecular formula is C23H33N3O5. The Kier molecular flexibility index (Phi) is 7.54. The lowest BCUT2D eigenvalue weighted by Crippen LogP contribution is -2.46. The van der Waals surface area contributed by atoms with Gasteiger partial charge in [-0.2, -0.15) is 0 Å². The van der Waals surface area contributed by atoms with Crippen LogP contribution in [0.1, 0.15) is 49.5 Å². The highest BCUT2D eigenvalue weighted by atomic mass is 16.6. The van der Waals surface area contributed by atoms with Crippen LogP contribution in [0.4, 0.5) is 4.79 Å². The zero-order chi connectivity index (χ0) is 22.4. The summed E-state index contributed by atoms with van der Waals surface area (Å²) in [4.78, 5) is 40.9. The molecule has 31 heavy (non-hydrogen) atoms. The molecule has 0 aliphatic carbocycles. The van der Waals surface area contributed by atoms with E-state index in [-0.39, 0.29) is 23.8 Å². The second-order valence-corrected chi connectivity index (χ2v) is 9.08. The molecule has 1 atom stereocenters. The first kappa shape index (κ1) is 23.1. The number of amides is 3. The van der Waals surface area contributed by atoms with Gasteiger partial charge in [-0.15, -0.1) is 0 Å². The van der Waals surface area contributed by atoms with Gasteiger partial charge in [-0.3, -0.25) is 9.59 Å². The highest BCUT2D eigenvalue weighted by molar-refractivity contribution is 5.94. The maximum absolute atomic E-state index is 12.6. The summed E-state index contributed by atoms with van der Waals surface area (Å²) in [6, 6.07) is 7.32. The topological polar surface area (TPSA) is 88.2 Å². The van der Waals surface area contributed by atoms with Gasteiger partial charge >= 0.3 is 6.09 Å². The highest BCUT2D eigenvalue weighted by Gasteiger charge is 2.31. The SMILES string of the molecule is CC(C)(C)OC(=O)N1CCC[C@H](C(=O)NCc2ccc(C(=O)N3CCOCC3)cc2)C1. The minimum absolute atomic E-state index is 0.00308. The van der Waals surface area contributed by atoms with Crippen molar-refractivity contribution in [3.05, 3.63) is 35.4 Å². The van der Waals surface area contributed by atoms with Crippen molar-refractivity contribution in [3.63, 3.8) is 0 Å². The molecule has 0 radical (unpaired) electrons. The van der Waals surface area contributed by atoms with E-state index in [1.165, 1.54) is 0 Å². The first-order chi connectivity index (χ1) is 14.7. The van der Waals surface area contributed by atoms with Crippen LogP contribution in [0.15, 0.2) is 24.3 Å². The van der Waals surface area contributed by atoms with Gasteiger partial charge in [0.05, 0.1) is 19.1 Å². The van der Waals surface area contributed by atoms with Gasteiger partial charge in [-0.05, 0) is 51.3 Å². The number of piperidine rings is 1. The molecule has 2 aliphatic rings. The molecule has 0 bridgehead atoms. The Labute approximate surface area is 183 Å². The Hall–Kier alpha value is -2.61. The number of nitrogens with one attached hydrogen (secondary N) is 1. The Morgan fingerprint density at radius 1 is 1.06 bits per heavy atom. The highest BCUT2D eigenvalue weighted by Crippen LogP contribution is 2.20. The lowest BCUT2D eigenvalue weighted by Gasteiger charge is -2.33. The number of hydrogen-bond donors (Lipinski definition) is 1. The van der Waals surface area contributed by atoms with Crippen molar-refractivity contribution in [2.75, 3.05) is 39.4 Å². The van der Waals surface area contributed by atoms with E-state index in [1.807, 2.05) is 32.9 Å². The van der Waals surface area contributed by atoms with E-state index in [1.54, 1.807) is 21.9 Å². The number of benzene rings is 1. The minimum atomic E-state index is -0.554. The largest absolute Gasteiger partial charge is 0.444 e. The third-order valence-electron chi connectivity index (χ3n) is 5.41. The van der Waals surface area contributed by atoms with Gasteiger partial charge in [-0.1, -0.05) is 12.1 Å². The van der Waals surface area contributed by atoms with Gasteiger partial charge in [0.1, 0.15) is 5.60 Å². The average Bonchev–Trinajstić information content (AvgIpc) is 2.77. The van der Waals surface area contributed by atoms with Gasteiger partial charge < -0.3 is 24.6 Å². The molecule has 2 saturated heterocycles. The smallest absolute Gasteiger partial charge is 0.410 e. The Morgan fingerprint density at radius 3 is 2.39 bits per heavy atom. The second-order valence-electron chi connectivity index (χ2n) is 9.08. The van der Waals surface area contributed by atoms with Crippen LogP contribution >= 0.6 is 0 Å². The number of likely N-dealkylation sites (tertiary alicyclic amines) is 1. The van der Waals surface area contributed by atoms with Gasteiger partial charge in [-0.25, -0.2) is 4.79 Å². The fraction of sp³-hybridized carbons (Fsp3) is 0.609. The normalized spacial score (nSPS) is 19.6. The summed E-state index contributed by atoms with van der Waals surface area (Å²) in [6.45, 7) is 9.22. The number of ether oxygens (including phenoxy) is 2. The summed E-state index contributed by atoms with van der Waals surface area (Å²) in [5, 5.41) is 2.96. The molecule has 0 saturated carbocycles. The predicted octanol–water partition coefficient (Wildman–Crippen LogP) is 2.42. The molecule has 0 unspecified atom stereocenters. The number of carbonyl (C=O) groups excluding carboxylic acids is 3. The van der Waals surface area contributed by atoms with Crippen molar-refractivity contribution in [1.82, 2.24) is 15.1 Å². The number of hydrogen-bond acceptors (Lipinski definition) is 5. The Bertz CT molecular complexity index is 781. The van der Waals surface area contributed by atoms with E-state index in [0.717, 1.165) is 18.4 Å². The molecule has 170 valence electrons. The molecule has 8 heteroatoms. The van der Waals surface area contributed by atoms with Crippen molar-refractivity contribution in [2.45, 2.75) is 45.8 Å². The van der Waals surface area contributed by atoms with E-state index in [9.17, 15) is 14.4 Å². The molecule has 3 rings (SSSR count). The fourth-order valence-corrected chi connectivity index (χ4v) is 3.73. The van der Waals surface area contributed by atoms with E-state index in [2.05, 4.69) is 5.32 Å². The Morgan fingerprint density at radius 2 is 1.74 bits per heavy atom. The summed E-state index contributed by atoms with van der Waals surface area (Å²) in [5.41, 5.74) is 1.01. The second kappa shape index (κ2) is 10.1. The van der Waals surface area contributed by atoms with E-state index < -0.39 is 5.60 Å². The van der Waals surface area contributed by atoms with Crippen molar-refractivity contribution in [2.24, 2.45) is 5.92 Å². The van der Waals surface area contributed by atoms with Crippen LogP contribution < -0.4 is 5.32 Å².